The maximum absolute atomic E-state index is 11.1. The molecule has 0 aliphatic carbocycles. The first kappa shape index (κ1) is 14.9. The van der Waals surface area contributed by atoms with Gasteiger partial charge in [0.15, 0.2) is 0 Å². The van der Waals surface area contributed by atoms with Crippen molar-refractivity contribution in [2.75, 3.05) is 13.2 Å². The van der Waals surface area contributed by atoms with Crippen molar-refractivity contribution in [1.29, 1.82) is 0 Å². The van der Waals surface area contributed by atoms with Gasteiger partial charge in [0.2, 0.25) is 0 Å². The van der Waals surface area contributed by atoms with Crippen molar-refractivity contribution in [3.8, 4) is 0 Å². The number of ether oxygens (including phenoxy) is 1. The van der Waals surface area contributed by atoms with Crippen molar-refractivity contribution in [2.45, 2.75) is 18.9 Å². The Kier molecular flexibility index (Phi) is 5.05. The van der Waals surface area contributed by atoms with E-state index < -0.39 is 26.7 Å². The van der Waals surface area contributed by atoms with Crippen LogP contribution in [0.2, 0.25) is 0 Å². The number of nitrogens with zero attached hydrogens (tertiary/aromatic N) is 2. The molecule has 2 aliphatic heterocycles. The molecule has 2 aliphatic rings. The Balaban J connectivity index is 2.01. The zero-order chi connectivity index (χ0) is 14.5. The molecule has 0 radical (unpaired) electrons. The van der Waals surface area contributed by atoms with Crippen LogP contribution in [0.4, 0.5) is 0 Å². The molecule has 6 nitrogen and oxygen atoms in total. The van der Waals surface area contributed by atoms with Crippen LogP contribution < -0.4 is 0 Å². The van der Waals surface area contributed by atoms with Gasteiger partial charge in [-0.15, -0.1) is 0 Å². The lowest BCUT2D eigenvalue weighted by Crippen LogP contribution is -2.33. The molecule has 0 saturated carbocycles. The summed E-state index contributed by atoms with van der Waals surface area (Å²) < 4.78 is 7.37. The van der Waals surface area contributed by atoms with Gasteiger partial charge in [0, 0.05) is 28.5 Å². The minimum absolute atomic E-state index is 0.149. The quantitative estimate of drug-likeness (QED) is 0.236. The summed E-state index contributed by atoms with van der Waals surface area (Å²) in [5.41, 5.74) is 1.01. The molecular weight excluding hydrogens is 375 g/mol. The summed E-state index contributed by atoms with van der Waals surface area (Å²) in [4.78, 5) is 23.7. The average molecular weight is 390 g/mol. The Morgan fingerprint density at radius 2 is 2.45 bits per heavy atom. The van der Waals surface area contributed by atoms with Crippen molar-refractivity contribution in [3.05, 3.63) is 44.7 Å². The van der Waals surface area contributed by atoms with E-state index in [1.54, 1.807) is 12.2 Å². The van der Waals surface area contributed by atoms with Gasteiger partial charge < -0.3 is 9.64 Å². The van der Waals surface area contributed by atoms with Crippen LogP contribution >= 0.6 is 20.7 Å². The van der Waals surface area contributed by atoms with Gasteiger partial charge in [0.05, 0.1) is 11.0 Å². The number of likely N-dealkylation sites (tertiary alicyclic amines) is 1. The normalized spacial score (nSPS) is 21.6. The molecule has 108 valence electrons. The van der Waals surface area contributed by atoms with Gasteiger partial charge in [0.1, 0.15) is 6.61 Å². The molecule has 1 atom stereocenters. The smallest absolute Gasteiger partial charge is 0.330 e. The second-order valence-electron chi connectivity index (χ2n) is 4.38. The van der Waals surface area contributed by atoms with Crippen LogP contribution in [0.3, 0.4) is 0 Å². The average Bonchev–Trinajstić information content (AvgIpc) is 2.93. The minimum atomic E-state index is -0.692. The SMILES string of the molecule is C=CC(=O)OC[C@@H]1CCCN1C1=CI=C([N+](=O)[O-])C=C1. The first-order valence-corrected chi connectivity index (χ1v) is 8.53. The molecule has 1 saturated heterocycles. The third-order valence-electron chi connectivity index (χ3n) is 3.14. The molecule has 0 aromatic heterocycles. The topological polar surface area (TPSA) is 72.7 Å². The van der Waals surface area contributed by atoms with E-state index in [2.05, 4.69) is 11.5 Å². The molecular formula is C13H15IN2O4. The minimum Gasteiger partial charge on any atom is -0.460 e. The summed E-state index contributed by atoms with van der Waals surface area (Å²) in [6, 6.07) is 0.149. The van der Waals surface area contributed by atoms with Crippen LogP contribution in [0, 0.1) is 10.1 Å². The number of hydrogen-bond donors (Lipinski definition) is 0. The highest BCUT2D eigenvalue weighted by Gasteiger charge is 2.27. The maximum atomic E-state index is 11.1. The molecule has 0 aromatic carbocycles. The Morgan fingerprint density at radius 1 is 1.65 bits per heavy atom. The molecule has 0 unspecified atom stereocenters. The van der Waals surface area contributed by atoms with E-state index in [1.165, 1.54) is 0 Å². The number of allylic oxidation sites excluding steroid dienone is 1. The number of hydrogen-bond acceptors (Lipinski definition) is 5. The molecule has 0 aromatic rings. The maximum Gasteiger partial charge on any atom is 0.330 e. The standard InChI is InChI=1S/C13H15IN2O4/c1-2-13(17)20-9-11-4-3-7-15(11)10-5-6-12(14-8-10)16(18)19/h2,5-6,8,11H,1,3-4,7,9H2/t11-/m0/s1. The molecule has 2 rings (SSSR count). The molecule has 20 heavy (non-hydrogen) atoms. The predicted octanol–water partition coefficient (Wildman–Crippen LogP) is 1.97. The van der Waals surface area contributed by atoms with Crippen molar-refractivity contribution in [2.24, 2.45) is 0 Å². The molecule has 2 heterocycles. The fourth-order valence-corrected chi connectivity index (χ4v) is 4.00. The Bertz CT molecular complexity index is 524. The summed E-state index contributed by atoms with van der Waals surface area (Å²) in [5.74, 6) is -0.415. The van der Waals surface area contributed by atoms with Crippen LogP contribution in [0.25, 0.3) is 0 Å². The van der Waals surface area contributed by atoms with E-state index >= 15 is 0 Å². The van der Waals surface area contributed by atoms with Crippen molar-refractivity contribution < 1.29 is 14.5 Å². The Hall–Kier alpha value is -1.51. The first-order valence-electron chi connectivity index (χ1n) is 6.20. The van der Waals surface area contributed by atoms with Crippen LogP contribution in [-0.4, -0.2) is 38.6 Å². The Labute approximate surface area is 126 Å². The number of halogens is 1. The molecule has 1 fully saturated rings. The van der Waals surface area contributed by atoms with E-state index in [9.17, 15) is 14.9 Å². The van der Waals surface area contributed by atoms with Crippen molar-refractivity contribution >= 4 is 30.3 Å². The van der Waals surface area contributed by atoms with E-state index in [0.29, 0.717) is 10.2 Å². The molecule has 0 spiro atoms. The molecule has 0 bridgehead atoms. The summed E-state index contributed by atoms with van der Waals surface area (Å²) in [6.45, 7) is 4.59. The number of carbonyl (C=O) groups is 1. The lowest BCUT2D eigenvalue weighted by molar-refractivity contribution is -0.342. The monoisotopic (exact) mass is 390 g/mol. The molecule has 7 heteroatoms. The number of esters is 1. The fraction of sp³-hybridized carbons (Fsp3) is 0.385. The number of rotatable bonds is 5. The highest BCUT2D eigenvalue weighted by Crippen LogP contribution is 2.27. The number of carbonyl (C=O) groups excluding carboxylic acids is 1. The van der Waals surface area contributed by atoms with Crippen LogP contribution in [0.5, 0.6) is 0 Å². The zero-order valence-electron chi connectivity index (χ0n) is 10.8. The van der Waals surface area contributed by atoms with Gasteiger partial charge in [-0.1, -0.05) is 6.58 Å². The van der Waals surface area contributed by atoms with E-state index in [-0.39, 0.29) is 11.0 Å². The number of nitro groups is 1. The highest BCUT2D eigenvalue weighted by atomic mass is 127. The summed E-state index contributed by atoms with van der Waals surface area (Å²) in [5, 5.41) is 10.7. The van der Waals surface area contributed by atoms with Gasteiger partial charge in [-0.25, -0.2) is 4.79 Å². The van der Waals surface area contributed by atoms with Gasteiger partial charge >= 0.3 is 5.97 Å². The Morgan fingerprint density at radius 3 is 3.05 bits per heavy atom. The highest BCUT2D eigenvalue weighted by molar-refractivity contribution is 14.2. The van der Waals surface area contributed by atoms with E-state index in [1.807, 2.05) is 4.08 Å². The fourth-order valence-electron chi connectivity index (χ4n) is 2.18. The van der Waals surface area contributed by atoms with Crippen LogP contribution in [0.1, 0.15) is 12.8 Å². The third kappa shape index (κ3) is 3.53. The van der Waals surface area contributed by atoms with E-state index in [0.717, 1.165) is 31.2 Å². The summed E-state index contributed by atoms with van der Waals surface area (Å²) >= 11 is -0.692. The van der Waals surface area contributed by atoms with Gasteiger partial charge in [0.25, 0.3) is 3.63 Å². The van der Waals surface area contributed by atoms with Crippen LogP contribution in [-0.2, 0) is 9.53 Å². The second-order valence-corrected chi connectivity index (χ2v) is 6.73. The predicted molar refractivity (Wildman–Crippen MR) is 84.1 cm³/mol. The first-order chi connectivity index (χ1) is 9.61. The second kappa shape index (κ2) is 6.78. The van der Waals surface area contributed by atoms with Crippen molar-refractivity contribution in [1.82, 2.24) is 4.90 Å². The zero-order valence-corrected chi connectivity index (χ0v) is 13.0. The summed E-state index contributed by atoms with van der Waals surface area (Å²) in [6.07, 6.45) is 6.52. The lowest BCUT2D eigenvalue weighted by Gasteiger charge is -2.27. The van der Waals surface area contributed by atoms with Gasteiger partial charge in [-0.05, 0) is 39.6 Å². The van der Waals surface area contributed by atoms with Crippen molar-refractivity contribution in [3.63, 3.8) is 0 Å². The van der Waals surface area contributed by atoms with E-state index in [4.69, 9.17) is 4.74 Å². The summed E-state index contributed by atoms with van der Waals surface area (Å²) in [7, 11) is 0. The largest absolute Gasteiger partial charge is 0.460 e. The van der Waals surface area contributed by atoms with Crippen LogP contribution in [0.15, 0.2) is 34.6 Å². The molecule has 0 amide bonds. The third-order valence-corrected chi connectivity index (χ3v) is 5.48. The van der Waals surface area contributed by atoms with Gasteiger partial charge in [-0.3, -0.25) is 10.1 Å². The van der Waals surface area contributed by atoms with Gasteiger partial charge in [-0.2, -0.15) is 0 Å². The molecule has 0 N–H and O–H groups in total. The lowest BCUT2D eigenvalue weighted by atomic mass is 10.2.